The van der Waals surface area contributed by atoms with Gasteiger partial charge >= 0.3 is 0 Å². The summed E-state index contributed by atoms with van der Waals surface area (Å²) in [5.41, 5.74) is 5.72. The van der Waals surface area contributed by atoms with Gasteiger partial charge in [-0.1, -0.05) is 23.2 Å². The summed E-state index contributed by atoms with van der Waals surface area (Å²) in [6.07, 6.45) is 2.16. The fraction of sp³-hybridized carbons (Fsp3) is 0.583. The Morgan fingerprint density at radius 2 is 2.06 bits per heavy atom. The second-order valence-corrected chi connectivity index (χ2v) is 5.36. The van der Waals surface area contributed by atoms with E-state index in [9.17, 15) is 0 Å². The Morgan fingerprint density at radius 3 is 2.67 bits per heavy atom. The second-order valence-electron chi connectivity index (χ2n) is 4.55. The van der Waals surface area contributed by atoms with E-state index in [4.69, 9.17) is 33.7 Å². The number of methoxy groups -OCH3 is 1. The van der Waals surface area contributed by atoms with Crippen molar-refractivity contribution in [3.63, 3.8) is 0 Å². The molecule has 0 amide bonds. The molecule has 0 spiro atoms. The lowest BCUT2D eigenvalue weighted by atomic mass is 9.98. The number of anilines is 2. The normalized spacial score (nSPS) is 17.2. The number of rotatable bonds is 3. The summed E-state index contributed by atoms with van der Waals surface area (Å²) in [4.78, 5) is 6.43. The van der Waals surface area contributed by atoms with Crippen LogP contribution in [0.2, 0.25) is 10.0 Å². The maximum absolute atomic E-state index is 6.16. The van der Waals surface area contributed by atoms with Crippen LogP contribution in [0.15, 0.2) is 6.07 Å². The Morgan fingerprint density at radius 1 is 1.39 bits per heavy atom. The molecule has 0 bridgehead atoms. The van der Waals surface area contributed by atoms with E-state index in [-0.39, 0.29) is 0 Å². The molecule has 1 saturated heterocycles. The van der Waals surface area contributed by atoms with Crippen LogP contribution in [-0.4, -0.2) is 31.8 Å². The van der Waals surface area contributed by atoms with Crippen molar-refractivity contribution >= 4 is 34.8 Å². The van der Waals surface area contributed by atoms with Gasteiger partial charge in [0.05, 0.1) is 10.0 Å². The molecule has 1 aromatic rings. The van der Waals surface area contributed by atoms with Gasteiger partial charge in [-0.05, 0) is 24.8 Å². The van der Waals surface area contributed by atoms with Crippen LogP contribution in [0.3, 0.4) is 0 Å². The van der Waals surface area contributed by atoms with Crippen LogP contribution in [0, 0.1) is 5.92 Å². The number of aromatic nitrogens is 1. The molecule has 0 radical (unpaired) electrons. The molecule has 0 unspecified atom stereocenters. The summed E-state index contributed by atoms with van der Waals surface area (Å²) in [6.45, 7) is 2.65. The summed E-state index contributed by atoms with van der Waals surface area (Å²) in [5, 5.41) is 0.956. The summed E-state index contributed by atoms with van der Waals surface area (Å²) in [7, 11) is 1.74. The van der Waals surface area contributed by atoms with Crippen LogP contribution < -0.4 is 10.6 Å². The van der Waals surface area contributed by atoms with Crippen molar-refractivity contribution in [1.82, 2.24) is 4.98 Å². The van der Waals surface area contributed by atoms with E-state index in [1.807, 2.05) is 0 Å². The zero-order valence-corrected chi connectivity index (χ0v) is 11.8. The van der Waals surface area contributed by atoms with Crippen molar-refractivity contribution in [3.8, 4) is 0 Å². The first-order valence-corrected chi connectivity index (χ1v) is 6.72. The van der Waals surface area contributed by atoms with Gasteiger partial charge in [-0.2, -0.15) is 0 Å². The van der Waals surface area contributed by atoms with Crippen molar-refractivity contribution < 1.29 is 4.74 Å². The predicted octanol–water partition coefficient (Wildman–Crippen LogP) is 2.83. The minimum atomic E-state index is 0.329. The first kappa shape index (κ1) is 13.7. The highest BCUT2D eigenvalue weighted by Crippen LogP contribution is 2.32. The second kappa shape index (κ2) is 5.95. The molecule has 2 N–H and O–H groups in total. The number of halogens is 2. The van der Waals surface area contributed by atoms with Gasteiger partial charge < -0.3 is 15.4 Å². The molecule has 1 aliphatic rings. The van der Waals surface area contributed by atoms with Gasteiger partial charge in [0.1, 0.15) is 11.6 Å². The highest BCUT2D eigenvalue weighted by molar-refractivity contribution is 6.37. The molecule has 2 rings (SSSR count). The van der Waals surface area contributed by atoms with E-state index in [2.05, 4.69) is 9.88 Å². The molecule has 4 nitrogen and oxygen atoms in total. The fourth-order valence-electron chi connectivity index (χ4n) is 2.24. The Bertz CT molecular complexity index is 420. The maximum atomic E-state index is 6.16. The third-order valence-electron chi connectivity index (χ3n) is 3.25. The number of pyridine rings is 1. The number of nitrogen functional groups attached to an aromatic ring is 1. The van der Waals surface area contributed by atoms with E-state index < -0.39 is 0 Å². The average molecular weight is 290 g/mol. The number of nitrogens with two attached hydrogens (primary N) is 1. The summed E-state index contributed by atoms with van der Waals surface area (Å²) >= 11 is 12.0. The van der Waals surface area contributed by atoms with Gasteiger partial charge in [0.15, 0.2) is 0 Å². The smallest absolute Gasteiger partial charge is 0.149 e. The average Bonchev–Trinajstić information content (AvgIpc) is 2.35. The van der Waals surface area contributed by atoms with E-state index in [0.717, 1.165) is 38.4 Å². The first-order chi connectivity index (χ1) is 8.61. The number of ether oxygens (including phenoxy) is 1. The first-order valence-electron chi connectivity index (χ1n) is 5.97. The van der Waals surface area contributed by atoms with Crippen LogP contribution in [0.4, 0.5) is 11.6 Å². The molecule has 1 fully saturated rings. The number of piperidine rings is 1. The molecule has 6 heteroatoms. The minimum absolute atomic E-state index is 0.329. The van der Waals surface area contributed by atoms with E-state index >= 15 is 0 Å². The van der Waals surface area contributed by atoms with Crippen LogP contribution in [0.25, 0.3) is 0 Å². The minimum Gasteiger partial charge on any atom is -0.384 e. The van der Waals surface area contributed by atoms with Crippen LogP contribution in [0.5, 0.6) is 0 Å². The molecular formula is C12H17Cl2N3O. The standard InChI is InChI=1S/C12H17Cl2N3O/c1-18-7-8-2-4-17(5-3-8)12-10(14)6-9(13)11(15)16-12/h6,8H,2-5,7H2,1H3,(H2,15,16). The van der Waals surface area contributed by atoms with E-state index in [1.165, 1.54) is 0 Å². The zero-order valence-electron chi connectivity index (χ0n) is 10.3. The maximum Gasteiger partial charge on any atom is 0.149 e. The lowest BCUT2D eigenvalue weighted by molar-refractivity contribution is 0.139. The monoisotopic (exact) mass is 289 g/mol. The molecule has 0 atom stereocenters. The van der Waals surface area contributed by atoms with Gasteiger partial charge in [-0.3, -0.25) is 0 Å². The Hall–Kier alpha value is -0.710. The quantitative estimate of drug-likeness (QED) is 0.930. The van der Waals surface area contributed by atoms with E-state index in [0.29, 0.717) is 21.8 Å². The van der Waals surface area contributed by atoms with E-state index in [1.54, 1.807) is 13.2 Å². The van der Waals surface area contributed by atoms with Crippen LogP contribution in [0.1, 0.15) is 12.8 Å². The molecule has 100 valence electrons. The fourth-order valence-corrected chi connectivity index (χ4v) is 2.72. The largest absolute Gasteiger partial charge is 0.384 e. The van der Waals surface area contributed by atoms with Gasteiger partial charge in [-0.25, -0.2) is 4.98 Å². The number of hydrogen-bond acceptors (Lipinski definition) is 4. The highest BCUT2D eigenvalue weighted by Gasteiger charge is 2.22. The molecule has 0 aromatic carbocycles. The van der Waals surface area contributed by atoms with Crippen molar-refractivity contribution in [3.05, 3.63) is 16.1 Å². The summed E-state index contributed by atoms with van der Waals surface area (Å²) < 4.78 is 5.18. The Kier molecular flexibility index (Phi) is 4.54. The lowest BCUT2D eigenvalue weighted by Gasteiger charge is -2.33. The third kappa shape index (κ3) is 2.99. The van der Waals surface area contributed by atoms with Crippen LogP contribution >= 0.6 is 23.2 Å². The van der Waals surface area contributed by atoms with Gasteiger partial charge in [0.25, 0.3) is 0 Å². The third-order valence-corrected chi connectivity index (χ3v) is 3.84. The van der Waals surface area contributed by atoms with Crippen LogP contribution in [-0.2, 0) is 4.74 Å². The summed E-state index contributed by atoms with van der Waals surface area (Å²) in [6, 6.07) is 1.65. The Labute approximate surface area is 117 Å². The van der Waals surface area contributed by atoms with Crippen molar-refractivity contribution in [1.29, 1.82) is 0 Å². The summed E-state index contributed by atoms with van der Waals surface area (Å²) in [5.74, 6) is 1.68. The van der Waals surface area contributed by atoms with Gasteiger partial charge in [0.2, 0.25) is 0 Å². The molecule has 18 heavy (non-hydrogen) atoms. The topological polar surface area (TPSA) is 51.4 Å². The SMILES string of the molecule is COCC1CCN(c2nc(N)c(Cl)cc2Cl)CC1. The Balaban J connectivity index is 2.07. The van der Waals surface area contributed by atoms with Gasteiger partial charge in [-0.15, -0.1) is 0 Å². The predicted molar refractivity (Wildman–Crippen MR) is 75.5 cm³/mol. The van der Waals surface area contributed by atoms with Crippen molar-refractivity contribution in [2.45, 2.75) is 12.8 Å². The van der Waals surface area contributed by atoms with Crippen molar-refractivity contribution in [2.24, 2.45) is 5.92 Å². The number of hydrogen-bond donors (Lipinski definition) is 1. The number of nitrogens with zero attached hydrogens (tertiary/aromatic N) is 2. The highest BCUT2D eigenvalue weighted by atomic mass is 35.5. The molecule has 0 saturated carbocycles. The molecule has 2 heterocycles. The zero-order chi connectivity index (χ0) is 13.1. The van der Waals surface area contributed by atoms with Gasteiger partial charge in [0, 0.05) is 26.8 Å². The van der Waals surface area contributed by atoms with Crippen molar-refractivity contribution in [2.75, 3.05) is 37.4 Å². The molecule has 1 aliphatic heterocycles. The molecule has 1 aromatic heterocycles. The molecular weight excluding hydrogens is 273 g/mol. The lowest BCUT2D eigenvalue weighted by Crippen LogP contribution is -2.35. The molecule has 0 aliphatic carbocycles.